The van der Waals surface area contributed by atoms with E-state index in [1.807, 2.05) is 18.2 Å². The van der Waals surface area contributed by atoms with E-state index in [2.05, 4.69) is 19.2 Å². The minimum Gasteiger partial charge on any atom is -1.00 e. The molecule has 0 saturated heterocycles. The predicted octanol–water partition coefficient (Wildman–Crippen LogP) is -2.38. The van der Waals surface area contributed by atoms with Crippen LogP contribution in [-0.4, -0.2) is 48.0 Å². The maximum absolute atomic E-state index is 9.01. The number of hydrogen-bond donors (Lipinski definition) is 2. The van der Waals surface area contributed by atoms with Crippen LogP contribution in [0.4, 0.5) is 0 Å². The molecular formula is C12H20FNO2. The van der Waals surface area contributed by atoms with Crippen molar-refractivity contribution in [3.63, 3.8) is 0 Å². The van der Waals surface area contributed by atoms with Crippen molar-refractivity contribution in [1.82, 2.24) is 0 Å². The molecule has 0 aliphatic rings. The predicted molar refractivity (Wildman–Crippen MR) is 60.2 cm³/mol. The zero-order valence-corrected chi connectivity index (χ0v) is 9.64. The zero-order valence-electron chi connectivity index (χ0n) is 9.64. The summed E-state index contributed by atoms with van der Waals surface area (Å²) in [5, 5.41) is 18.0. The number of hydrogen-bond acceptors (Lipinski definition) is 2. The van der Waals surface area contributed by atoms with Crippen molar-refractivity contribution in [2.45, 2.75) is 6.54 Å². The van der Waals surface area contributed by atoms with Crippen LogP contribution in [0.15, 0.2) is 30.3 Å². The van der Waals surface area contributed by atoms with Gasteiger partial charge in [-0.15, -0.1) is 0 Å². The number of rotatable bonds is 6. The first-order valence-electron chi connectivity index (χ1n) is 5.29. The molecule has 0 amide bonds. The molecule has 2 N–H and O–H groups in total. The van der Waals surface area contributed by atoms with Crippen LogP contribution in [0, 0.1) is 0 Å². The molecular weight excluding hydrogens is 209 g/mol. The Balaban J connectivity index is 0.00000225. The highest BCUT2D eigenvalue weighted by atomic mass is 19.0. The first kappa shape index (κ1) is 15.0. The molecule has 4 heteroatoms. The topological polar surface area (TPSA) is 40.5 Å². The van der Waals surface area contributed by atoms with Gasteiger partial charge in [0.25, 0.3) is 0 Å². The Hall–Kier alpha value is -0.970. The van der Waals surface area contributed by atoms with Gasteiger partial charge in [0, 0.05) is 5.56 Å². The van der Waals surface area contributed by atoms with E-state index in [1.54, 1.807) is 0 Å². The molecule has 0 bridgehead atoms. The van der Waals surface area contributed by atoms with Crippen LogP contribution in [-0.2, 0) is 6.54 Å². The molecule has 0 atom stereocenters. The fraction of sp³-hybridized carbons (Fsp3) is 0.500. The molecule has 92 valence electrons. The summed E-state index contributed by atoms with van der Waals surface area (Å²) in [7, 11) is 2.06. The normalized spacial score (nSPS) is 10.9. The van der Waals surface area contributed by atoms with E-state index in [9.17, 15) is 0 Å². The van der Waals surface area contributed by atoms with E-state index in [0.717, 1.165) is 6.54 Å². The van der Waals surface area contributed by atoms with Gasteiger partial charge < -0.3 is 19.4 Å². The highest BCUT2D eigenvalue weighted by Crippen LogP contribution is 2.10. The van der Waals surface area contributed by atoms with Crippen LogP contribution >= 0.6 is 0 Å². The summed E-state index contributed by atoms with van der Waals surface area (Å²) in [5.41, 5.74) is 1.24. The number of benzene rings is 1. The van der Waals surface area contributed by atoms with Gasteiger partial charge in [-0.2, -0.15) is 0 Å². The van der Waals surface area contributed by atoms with Gasteiger partial charge in [-0.1, -0.05) is 30.3 Å². The third-order valence-electron chi connectivity index (χ3n) is 2.69. The Bertz CT molecular complexity index is 274. The molecule has 1 aromatic carbocycles. The zero-order chi connectivity index (χ0) is 11.1. The first-order valence-corrected chi connectivity index (χ1v) is 5.29. The van der Waals surface area contributed by atoms with Crippen LogP contribution < -0.4 is 4.70 Å². The fourth-order valence-corrected chi connectivity index (χ4v) is 1.78. The Morgan fingerprint density at radius 1 is 1.00 bits per heavy atom. The summed E-state index contributed by atoms with van der Waals surface area (Å²) in [6.07, 6.45) is 0. The maximum atomic E-state index is 9.01. The second-order valence-electron chi connectivity index (χ2n) is 4.16. The molecule has 0 aromatic heterocycles. The second-order valence-corrected chi connectivity index (χ2v) is 4.16. The van der Waals surface area contributed by atoms with Gasteiger partial charge in [-0.3, -0.25) is 0 Å². The van der Waals surface area contributed by atoms with Crippen LogP contribution in [0.2, 0.25) is 0 Å². The monoisotopic (exact) mass is 229 g/mol. The number of aliphatic hydroxyl groups is 2. The lowest BCUT2D eigenvalue weighted by Crippen LogP contribution is -3.00. The molecule has 0 aliphatic carbocycles. The van der Waals surface area contributed by atoms with Gasteiger partial charge in [0.15, 0.2) is 0 Å². The smallest absolute Gasteiger partial charge is 0.104 e. The van der Waals surface area contributed by atoms with Crippen molar-refractivity contribution >= 4 is 0 Å². The number of quaternary nitrogens is 1. The van der Waals surface area contributed by atoms with E-state index in [-0.39, 0.29) is 17.9 Å². The van der Waals surface area contributed by atoms with Gasteiger partial charge in [-0.25, -0.2) is 0 Å². The molecule has 0 fully saturated rings. The SMILES string of the molecule is C[N+](CCO)(CCO)Cc1ccccc1.[F-]. The van der Waals surface area contributed by atoms with Crippen molar-refractivity contribution in [2.24, 2.45) is 0 Å². The third-order valence-corrected chi connectivity index (χ3v) is 2.69. The van der Waals surface area contributed by atoms with E-state index in [1.165, 1.54) is 5.56 Å². The molecule has 0 aliphatic heterocycles. The highest BCUT2D eigenvalue weighted by Gasteiger charge is 2.20. The highest BCUT2D eigenvalue weighted by molar-refractivity contribution is 5.13. The second kappa shape index (κ2) is 7.33. The van der Waals surface area contributed by atoms with E-state index < -0.39 is 0 Å². The van der Waals surface area contributed by atoms with Gasteiger partial charge in [0.2, 0.25) is 0 Å². The number of likely N-dealkylation sites (N-methyl/N-ethyl adjacent to an activating group) is 1. The van der Waals surface area contributed by atoms with Crippen molar-refractivity contribution in [1.29, 1.82) is 0 Å². The van der Waals surface area contributed by atoms with E-state index in [4.69, 9.17) is 10.2 Å². The lowest BCUT2D eigenvalue weighted by molar-refractivity contribution is -0.923. The Morgan fingerprint density at radius 2 is 1.50 bits per heavy atom. The first-order chi connectivity index (χ1) is 7.20. The quantitative estimate of drug-likeness (QED) is 0.535. The van der Waals surface area contributed by atoms with Gasteiger partial charge >= 0.3 is 0 Å². The minimum atomic E-state index is 0. The van der Waals surface area contributed by atoms with Crippen LogP contribution in [0.25, 0.3) is 0 Å². The van der Waals surface area contributed by atoms with Crippen molar-refractivity contribution in [3.05, 3.63) is 35.9 Å². The lowest BCUT2D eigenvalue weighted by atomic mass is 10.2. The average molecular weight is 229 g/mol. The van der Waals surface area contributed by atoms with E-state index in [0.29, 0.717) is 17.6 Å². The fourth-order valence-electron chi connectivity index (χ4n) is 1.78. The largest absolute Gasteiger partial charge is 1.00 e. The molecule has 3 nitrogen and oxygen atoms in total. The molecule has 0 spiro atoms. The van der Waals surface area contributed by atoms with Crippen LogP contribution in [0.3, 0.4) is 0 Å². The van der Waals surface area contributed by atoms with Crippen molar-refractivity contribution < 1.29 is 19.4 Å². The number of halogens is 1. The molecule has 0 radical (unpaired) electrons. The average Bonchev–Trinajstić information content (AvgIpc) is 2.19. The Kier molecular flexibility index (Phi) is 6.88. The summed E-state index contributed by atoms with van der Waals surface area (Å²) >= 11 is 0. The molecule has 1 rings (SSSR count). The van der Waals surface area contributed by atoms with Crippen LogP contribution in [0.1, 0.15) is 5.56 Å². The summed E-state index contributed by atoms with van der Waals surface area (Å²) < 4.78 is 0.678. The van der Waals surface area contributed by atoms with E-state index >= 15 is 0 Å². The standard InChI is InChI=1S/C12H20NO2.FH/c1-13(7-9-14,8-10-15)11-12-5-3-2-4-6-12;/h2-6,14-15H,7-11H2,1H3;1H/q+1;/p-1. The van der Waals surface area contributed by atoms with Gasteiger partial charge in [-0.05, 0) is 0 Å². The summed E-state index contributed by atoms with van der Waals surface area (Å²) in [5.74, 6) is 0. The maximum Gasteiger partial charge on any atom is 0.104 e. The number of aliphatic hydroxyl groups excluding tert-OH is 2. The summed E-state index contributed by atoms with van der Waals surface area (Å²) in [6.45, 7) is 2.51. The van der Waals surface area contributed by atoms with Gasteiger partial charge in [0.1, 0.15) is 19.6 Å². The molecule has 0 unspecified atom stereocenters. The van der Waals surface area contributed by atoms with Gasteiger partial charge in [0.05, 0.1) is 20.3 Å². The lowest BCUT2D eigenvalue weighted by Gasteiger charge is -2.33. The molecule has 1 aromatic rings. The summed E-state index contributed by atoms with van der Waals surface area (Å²) in [6, 6.07) is 10.2. The van der Waals surface area contributed by atoms with Crippen molar-refractivity contribution in [3.8, 4) is 0 Å². The third kappa shape index (κ3) is 4.70. The Labute approximate surface area is 95.9 Å². The molecule has 16 heavy (non-hydrogen) atoms. The summed E-state index contributed by atoms with van der Waals surface area (Å²) in [4.78, 5) is 0. The van der Waals surface area contributed by atoms with Crippen LogP contribution in [0.5, 0.6) is 0 Å². The van der Waals surface area contributed by atoms with Crippen molar-refractivity contribution in [2.75, 3.05) is 33.4 Å². The Morgan fingerprint density at radius 3 is 1.94 bits per heavy atom. The minimum absolute atomic E-state index is 0. The number of nitrogens with zero attached hydrogens (tertiary/aromatic N) is 1. The molecule has 0 saturated carbocycles. The molecule has 0 heterocycles.